The van der Waals surface area contributed by atoms with Crippen LogP contribution in [0.5, 0.6) is 0 Å². The van der Waals surface area contributed by atoms with Gasteiger partial charge in [-0.15, -0.1) is 0 Å². The van der Waals surface area contributed by atoms with Crippen molar-refractivity contribution in [2.24, 2.45) is 0 Å². The number of anilines is 3. The third kappa shape index (κ3) is 2.45. The minimum absolute atomic E-state index is 0.187. The van der Waals surface area contributed by atoms with Crippen LogP contribution in [-0.2, 0) is 5.41 Å². The number of hydrogen-bond acceptors (Lipinski definition) is 1. The van der Waals surface area contributed by atoms with Crippen molar-refractivity contribution in [3.05, 3.63) is 89.5 Å². The highest BCUT2D eigenvalue weighted by Crippen LogP contribution is 2.58. The molecule has 0 aromatic heterocycles. The third-order valence-electron chi connectivity index (χ3n) is 6.58. The molecule has 3 aromatic rings. The van der Waals surface area contributed by atoms with Crippen LogP contribution < -0.4 is 4.90 Å². The van der Waals surface area contributed by atoms with Crippen LogP contribution in [0.4, 0.5) is 17.1 Å². The van der Waals surface area contributed by atoms with Crippen molar-refractivity contribution in [3.63, 3.8) is 0 Å². The zero-order chi connectivity index (χ0) is 18.4. The number of rotatable bonds is 2. The van der Waals surface area contributed by atoms with Crippen molar-refractivity contribution in [1.82, 2.24) is 0 Å². The lowest BCUT2D eigenvalue weighted by molar-refractivity contribution is 0.529. The molecule has 0 saturated heterocycles. The maximum absolute atomic E-state index is 2.49. The Morgan fingerprint density at radius 2 is 1.41 bits per heavy atom. The second-order valence-electron chi connectivity index (χ2n) is 8.41. The topological polar surface area (TPSA) is 3.24 Å². The lowest BCUT2D eigenvalue weighted by Crippen LogP contribution is -2.33. The molecule has 1 spiro atoms. The lowest BCUT2D eigenvalue weighted by atomic mass is 9.69. The summed E-state index contributed by atoms with van der Waals surface area (Å²) in [5.41, 5.74) is 8.63. The summed E-state index contributed by atoms with van der Waals surface area (Å²) in [7, 11) is 0. The van der Waals surface area contributed by atoms with Crippen LogP contribution in [0, 0.1) is 0 Å². The molecular formula is C26H27N. The molecule has 1 nitrogen and oxygen atoms in total. The minimum atomic E-state index is 0.187. The van der Waals surface area contributed by atoms with E-state index in [2.05, 4.69) is 91.5 Å². The Hall–Kier alpha value is -2.54. The van der Waals surface area contributed by atoms with E-state index in [0.717, 1.165) is 0 Å². The van der Waals surface area contributed by atoms with E-state index in [1.807, 2.05) is 0 Å². The van der Waals surface area contributed by atoms with E-state index < -0.39 is 0 Å². The van der Waals surface area contributed by atoms with E-state index in [1.165, 1.54) is 59.4 Å². The fourth-order valence-corrected chi connectivity index (χ4v) is 5.22. The largest absolute Gasteiger partial charge is 0.310 e. The molecule has 1 aliphatic heterocycles. The van der Waals surface area contributed by atoms with Gasteiger partial charge in [0.1, 0.15) is 0 Å². The molecule has 136 valence electrons. The van der Waals surface area contributed by atoms with Crippen molar-refractivity contribution in [3.8, 4) is 0 Å². The monoisotopic (exact) mass is 353 g/mol. The Morgan fingerprint density at radius 3 is 2.15 bits per heavy atom. The normalized spacial score (nSPS) is 17.2. The molecule has 0 N–H and O–H groups in total. The van der Waals surface area contributed by atoms with Crippen LogP contribution >= 0.6 is 0 Å². The van der Waals surface area contributed by atoms with Crippen LogP contribution in [0.3, 0.4) is 0 Å². The summed E-state index contributed by atoms with van der Waals surface area (Å²) in [5.74, 6) is 0.532. The molecule has 0 unspecified atom stereocenters. The van der Waals surface area contributed by atoms with E-state index >= 15 is 0 Å². The summed E-state index contributed by atoms with van der Waals surface area (Å²) in [6.07, 6.45) is 5.18. The number of nitrogens with zero attached hydrogens (tertiary/aromatic N) is 1. The van der Waals surface area contributed by atoms with Crippen LogP contribution in [0.1, 0.15) is 62.1 Å². The van der Waals surface area contributed by atoms with Crippen LogP contribution in [0.2, 0.25) is 0 Å². The van der Waals surface area contributed by atoms with Crippen molar-refractivity contribution in [1.29, 1.82) is 0 Å². The van der Waals surface area contributed by atoms with Crippen molar-refractivity contribution >= 4 is 17.1 Å². The SMILES string of the molecule is CC(C)c1ccc2c(c1)N(c1ccccc1)c1ccccc1C21CCCC1. The smallest absolute Gasteiger partial charge is 0.0505 e. The quantitative estimate of drug-likeness (QED) is 0.462. The van der Waals surface area contributed by atoms with E-state index in [4.69, 9.17) is 0 Å². The van der Waals surface area contributed by atoms with Gasteiger partial charge in [0.2, 0.25) is 0 Å². The minimum Gasteiger partial charge on any atom is -0.310 e. The first-order valence-corrected chi connectivity index (χ1v) is 10.3. The molecule has 1 heterocycles. The van der Waals surface area contributed by atoms with Crippen molar-refractivity contribution in [2.45, 2.75) is 50.9 Å². The van der Waals surface area contributed by atoms with Gasteiger partial charge in [-0.1, -0.05) is 75.2 Å². The third-order valence-corrected chi connectivity index (χ3v) is 6.58. The van der Waals surface area contributed by atoms with Gasteiger partial charge in [0, 0.05) is 11.1 Å². The Morgan fingerprint density at radius 1 is 0.741 bits per heavy atom. The number of hydrogen-bond donors (Lipinski definition) is 0. The molecule has 1 heteroatoms. The van der Waals surface area contributed by atoms with Crippen LogP contribution in [0.15, 0.2) is 72.8 Å². The molecule has 0 bridgehead atoms. The molecule has 3 aromatic carbocycles. The van der Waals surface area contributed by atoms with Gasteiger partial charge in [-0.2, -0.15) is 0 Å². The Kier molecular flexibility index (Phi) is 3.86. The number of para-hydroxylation sites is 2. The highest BCUT2D eigenvalue weighted by Gasteiger charge is 2.45. The van der Waals surface area contributed by atoms with E-state index in [9.17, 15) is 0 Å². The van der Waals surface area contributed by atoms with Gasteiger partial charge in [-0.25, -0.2) is 0 Å². The highest BCUT2D eigenvalue weighted by molar-refractivity contribution is 5.86. The van der Waals surface area contributed by atoms with Gasteiger partial charge in [-0.3, -0.25) is 0 Å². The second-order valence-corrected chi connectivity index (χ2v) is 8.41. The molecule has 0 atom stereocenters. The molecule has 5 rings (SSSR count). The summed E-state index contributed by atoms with van der Waals surface area (Å²) in [6.45, 7) is 4.58. The van der Waals surface area contributed by atoms with Gasteiger partial charge >= 0.3 is 0 Å². The van der Waals surface area contributed by atoms with E-state index in [0.29, 0.717) is 5.92 Å². The van der Waals surface area contributed by atoms with Crippen LogP contribution in [0.25, 0.3) is 0 Å². The zero-order valence-corrected chi connectivity index (χ0v) is 16.3. The molecule has 1 fully saturated rings. The highest BCUT2D eigenvalue weighted by atomic mass is 15.2. The Bertz CT molecular complexity index is 965. The van der Waals surface area contributed by atoms with Gasteiger partial charge in [0.25, 0.3) is 0 Å². The van der Waals surface area contributed by atoms with Crippen LogP contribution in [-0.4, -0.2) is 0 Å². The summed E-state index contributed by atoms with van der Waals surface area (Å²) < 4.78 is 0. The second kappa shape index (κ2) is 6.27. The predicted octanol–water partition coefficient (Wildman–Crippen LogP) is 7.45. The molecule has 2 aliphatic rings. The maximum Gasteiger partial charge on any atom is 0.0505 e. The lowest BCUT2D eigenvalue weighted by Gasteiger charge is -2.44. The fraction of sp³-hybridized carbons (Fsp3) is 0.308. The van der Waals surface area contributed by atoms with Gasteiger partial charge < -0.3 is 4.90 Å². The molecular weight excluding hydrogens is 326 g/mol. The summed E-state index contributed by atoms with van der Waals surface area (Å²) >= 11 is 0. The first kappa shape index (κ1) is 16.6. The zero-order valence-electron chi connectivity index (χ0n) is 16.3. The van der Waals surface area contributed by atoms with Gasteiger partial charge in [0.05, 0.1) is 11.4 Å². The predicted molar refractivity (Wildman–Crippen MR) is 114 cm³/mol. The molecule has 0 radical (unpaired) electrons. The van der Waals surface area contributed by atoms with Crippen molar-refractivity contribution < 1.29 is 0 Å². The average molecular weight is 354 g/mol. The maximum atomic E-state index is 2.49. The average Bonchev–Trinajstić information content (AvgIpc) is 3.19. The Labute approximate surface area is 162 Å². The number of benzene rings is 3. The standard InChI is InChI=1S/C26H27N/c1-19(2)20-14-15-23-25(18-20)27(21-10-4-3-5-11-21)24-13-7-6-12-22(24)26(23)16-8-9-17-26/h3-7,10-15,18-19H,8-9,16-17H2,1-2H3. The first-order chi connectivity index (χ1) is 13.2. The van der Waals surface area contributed by atoms with E-state index in [1.54, 1.807) is 0 Å². The molecule has 0 amide bonds. The molecule has 27 heavy (non-hydrogen) atoms. The number of fused-ring (bicyclic) bond motifs is 4. The summed E-state index contributed by atoms with van der Waals surface area (Å²) in [6, 6.07) is 27.2. The summed E-state index contributed by atoms with van der Waals surface area (Å²) in [4.78, 5) is 2.49. The summed E-state index contributed by atoms with van der Waals surface area (Å²) in [5, 5.41) is 0. The Balaban J connectivity index is 1.83. The molecule has 1 aliphatic carbocycles. The fourth-order valence-electron chi connectivity index (χ4n) is 5.22. The first-order valence-electron chi connectivity index (χ1n) is 10.3. The van der Waals surface area contributed by atoms with Gasteiger partial charge in [-0.05, 0) is 59.7 Å². The molecule has 1 saturated carbocycles. The van der Waals surface area contributed by atoms with Gasteiger partial charge in [0.15, 0.2) is 0 Å². The van der Waals surface area contributed by atoms with E-state index in [-0.39, 0.29) is 5.41 Å². The van der Waals surface area contributed by atoms with Crippen molar-refractivity contribution in [2.75, 3.05) is 4.90 Å².